The van der Waals surface area contributed by atoms with Crippen LogP contribution >= 0.6 is 0 Å². The molecule has 1 nitrogen and oxygen atoms in total. The summed E-state index contributed by atoms with van der Waals surface area (Å²) in [5.41, 5.74) is 2.74. The standard InChI is InChI=1S/C17H16O/c1-18-17-12-11-14(13-7-3-2-4-8-13)15-9-5-6-10-16(15)17/h2-3,5-7,9-12H,4,8H2,1H3. The van der Waals surface area contributed by atoms with Crippen LogP contribution < -0.4 is 4.74 Å². The highest BCUT2D eigenvalue weighted by atomic mass is 16.5. The van der Waals surface area contributed by atoms with Crippen LogP contribution in [0.2, 0.25) is 0 Å². The first-order chi connectivity index (χ1) is 8.90. The first-order valence-corrected chi connectivity index (χ1v) is 6.32. The van der Waals surface area contributed by atoms with Crippen LogP contribution in [0.15, 0.2) is 54.6 Å². The van der Waals surface area contributed by atoms with E-state index in [4.69, 9.17) is 4.74 Å². The molecule has 0 saturated heterocycles. The van der Waals surface area contributed by atoms with E-state index < -0.39 is 0 Å². The lowest BCUT2D eigenvalue weighted by Gasteiger charge is -2.14. The van der Waals surface area contributed by atoms with E-state index in [-0.39, 0.29) is 0 Å². The Morgan fingerprint density at radius 2 is 1.83 bits per heavy atom. The molecule has 0 aliphatic heterocycles. The summed E-state index contributed by atoms with van der Waals surface area (Å²) in [6.45, 7) is 0. The van der Waals surface area contributed by atoms with E-state index in [0.29, 0.717) is 0 Å². The van der Waals surface area contributed by atoms with Crippen LogP contribution in [-0.2, 0) is 0 Å². The van der Waals surface area contributed by atoms with Gasteiger partial charge in [0.05, 0.1) is 7.11 Å². The number of allylic oxidation sites excluding steroid dienone is 4. The van der Waals surface area contributed by atoms with Crippen molar-refractivity contribution in [1.29, 1.82) is 0 Å². The molecule has 0 spiro atoms. The third kappa shape index (κ3) is 1.82. The molecule has 0 N–H and O–H groups in total. The zero-order valence-corrected chi connectivity index (χ0v) is 10.5. The number of fused-ring (bicyclic) bond motifs is 1. The fourth-order valence-corrected chi connectivity index (χ4v) is 2.56. The molecule has 2 aromatic carbocycles. The fraction of sp³-hybridized carbons (Fsp3) is 0.176. The second-order valence-corrected chi connectivity index (χ2v) is 4.52. The van der Waals surface area contributed by atoms with Crippen molar-refractivity contribution in [3.8, 4) is 5.75 Å². The molecule has 2 aromatic rings. The van der Waals surface area contributed by atoms with Crippen LogP contribution in [0.5, 0.6) is 5.75 Å². The maximum absolute atomic E-state index is 5.44. The van der Waals surface area contributed by atoms with Crippen molar-refractivity contribution >= 4 is 16.3 Å². The van der Waals surface area contributed by atoms with Gasteiger partial charge < -0.3 is 4.74 Å². The highest BCUT2D eigenvalue weighted by molar-refractivity contribution is 5.97. The molecular weight excluding hydrogens is 220 g/mol. The molecule has 1 aliphatic carbocycles. The number of ether oxygens (including phenoxy) is 1. The molecular formula is C17H16O. The van der Waals surface area contributed by atoms with Crippen LogP contribution in [0, 0.1) is 0 Å². The summed E-state index contributed by atoms with van der Waals surface area (Å²) in [4.78, 5) is 0. The molecule has 90 valence electrons. The number of rotatable bonds is 2. The molecule has 0 heterocycles. The highest BCUT2D eigenvalue weighted by Gasteiger charge is 2.10. The van der Waals surface area contributed by atoms with E-state index in [1.165, 1.54) is 21.9 Å². The Morgan fingerprint density at radius 1 is 1.00 bits per heavy atom. The topological polar surface area (TPSA) is 9.23 Å². The summed E-state index contributed by atoms with van der Waals surface area (Å²) >= 11 is 0. The Kier molecular flexibility index (Phi) is 2.89. The lowest BCUT2D eigenvalue weighted by Crippen LogP contribution is -1.92. The largest absolute Gasteiger partial charge is 0.496 e. The smallest absolute Gasteiger partial charge is 0.126 e. The number of hydrogen-bond donors (Lipinski definition) is 0. The van der Waals surface area contributed by atoms with Gasteiger partial charge in [0.15, 0.2) is 0 Å². The number of methoxy groups -OCH3 is 1. The SMILES string of the molecule is COc1ccc(C2=CC=CCC2)c2ccccc12. The van der Waals surface area contributed by atoms with Crippen molar-refractivity contribution in [1.82, 2.24) is 0 Å². The van der Waals surface area contributed by atoms with Crippen molar-refractivity contribution in [3.05, 3.63) is 60.2 Å². The number of benzene rings is 2. The molecule has 0 aromatic heterocycles. The van der Waals surface area contributed by atoms with E-state index >= 15 is 0 Å². The third-order valence-electron chi connectivity index (χ3n) is 3.46. The summed E-state index contributed by atoms with van der Waals surface area (Å²) in [5, 5.41) is 2.46. The Bertz CT molecular complexity index is 635. The van der Waals surface area contributed by atoms with Gasteiger partial charge in [0.25, 0.3) is 0 Å². The normalized spacial score (nSPS) is 14.6. The molecule has 1 aliphatic rings. The predicted octanol–water partition coefficient (Wildman–Crippen LogP) is 4.58. The van der Waals surface area contributed by atoms with E-state index in [0.717, 1.165) is 18.6 Å². The van der Waals surface area contributed by atoms with Gasteiger partial charge in [0.1, 0.15) is 5.75 Å². The monoisotopic (exact) mass is 236 g/mol. The molecule has 0 atom stereocenters. The van der Waals surface area contributed by atoms with Crippen molar-refractivity contribution in [2.75, 3.05) is 7.11 Å². The van der Waals surface area contributed by atoms with Crippen LogP contribution in [-0.4, -0.2) is 7.11 Å². The van der Waals surface area contributed by atoms with E-state index in [1.54, 1.807) is 7.11 Å². The molecule has 0 amide bonds. The minimum Gasteiger partial charge on any atom is -0.496 e. The minimum atomic E-state index is 0.946. The maximum Gasteiger partial charge on any atom is 0.126 e. The van der Waals surface area contributed by atoms with Gasteiger partial charge in [0, 0.05) is 5.39 Å². The fourth-order valence-electron chi connectivity index (χ4n) is 2.56. The third-order valence-corrected chi connectivity index (χ3v) is 3.46. The summed E-state index contributed by atoms with van der Waals surface area (Å²) in [6, 6.07) is 12.7. The average molecular weight is 236 g/mol. The second kappa shape index (κ2) is 4.69. The zero-order chi connectivity index (χ0) is 12.4. The molecule has 3 rings (SSSR count). The molecule has 0 unspecified atom stereocenters. The van der Waals surface area contributed by atoms with Crippen molar-refractivity contribution in [3.63, 3.8) is 0 Å². The van der Waals surface area contributed by atoms with Crippen molar-refractivity contribution < 1.29 is 4.74 Å². The summed E-state index contributed by atoms with van der Waals surface area (Å²) in [7, 11) is 1.73. The molecule has 1 heteroatoms. The zero-order valence-electron chi connectivity index (χ0n) is 10.5. The van der Waals surface area contributed by atoms with Crippen LogP contribution in [0.1, 0.15) is 18.4 Å². The number of hydrogen-bond acceptors (Lipinski definition) is 1. The summed E-state index contributed by atoms with van der Waals surface area (Å²) < 4.78 is 5.44. The molecule has 0 radical (unpaired) electrons. The van der Waals surface area contributed by atoms with Crippen molar-refractivity contribution in [2.45, 2.75) is 12.8 Å². The lowest BCUT2D eigenvalue weighted by molar-refractivity contribution is 0.420. The molecule has 18 heavy (non-hydrogen) atoms. The Balaban J connectivity index is 2.24. The second-order valence-electron chi connectivity index (χ2n) is 4.52. The Labute approximate surface area is 107 Å². The van der Waals surface area contributed by atoms with Gasteiger partial charge in [-0.15, -0.1) is 0 Å². The van der Waals surface area contributed by atoms with E-state index in [2.05, 4.69) is 54.6 Å². The van der Waals surface area contributed by atoms with Gasteiger partial charge in [0.2, 0.25) is 0 Å². The van der Waals surface area contributed by atoms with E-state index in [1.807, 2.05) is 0 Å². The Hall–Kier alpha value is -2.02. The van der Waals surface area contributed by atoms with Gasteiger partial charge in [-0.3, -0.25) is 0 Å². The minimum absolute atomic E-state index is 0.946. The maximum atomic E-state index is 5.44. The van der Waals surface area contributed by atoms with Gasteiger partial charge in [-0.05, 0) is 35.4 Å². The van der Waals surface area contributed by atoms with Crippen molar-refractivity contribution in [2.24, 2.45) is 0 Å². The highest BCUT2D eigenvalue weighted by Crippen LogP contribution is 2.34. The quantitative estimate of drug-likeness (QED) is 0.741. The molecule has 0 fully saturated rings. The van der Waals surface area contributed by atoms with Gasteiger partial charge in [-0.1, -0.05) is 48.6 Å². The predicted molar refractivity (Wildman–Crippen MR) is 76.9 cm³/mol. The lowest BCUT2D eigenvalue weighted by atomic mass is 9.92. The Morgan fingerprint density at radius 3 is 2.56 bits per heavy atom. The first kappa shape index (κ1) is 11.1. The average Bonchev–Trinajstić information content (AvgIpc) is 2.47. The van der Waals surface area contributed by atoms with E-state index in [9.17, 15) is 0 Å². The van der Waals surface area contributed by atoms with Gasteiger partial charge in [-0.2, -0.15) is 0 Å². The summed E-state index contributed by atoms with van der Waals surface area (Å²) in [6.07, 6.45) is 8.84. The van der Waals surface area contributed by atoms with Gasteiger partial charge in [-0.25, -0.2) is 0 Å². The first-order valence-electron chi connectivity index (χ1n) is 6.32. The van der Waals surface area contributed by atoms with Gasteiger partial charge >= 0.3 is 0 Å². The molecule has 0 bridgehead atoms. The van der Waals surface area contributed by atoms with Crippen LogP contribution in [0.3, 0.4) is 0 Å². The van der Waals surface area contributed by atoms with Crippen LogP contribution in [0.4, 0.5) is 0 Å². The molecule has 0 saturated carbocycles. The summed E-state index contributed by atoms with van der Waals surface area (Å²) in [5.74, 6) is 0.946. The van der Waals surface area contributed by atoms with Crippen LogP contribution in [0.25, 0.3) is 16.3 Å².